The number of Topliss-reactive ketones (excluding diaryl/α,β-unsaturated/α-hetero) is 1. The van der Waals surface area contributed by atoms with E-state index in [9.17, 15) is 4.79 Å². The molecule has 1 atom stereocenters. The molecule has 0 radical (unpaired) electrons. The van der Waals surface area contributed by atoms with Crippen LogP contribution < -0.4 is 10.5 Å². The van der Waals surface area contributed by atoms with Crippen molar-refractivity contribution < 1.29 is 9.53 Å². The first kappa shape index (κ1) is 21.0. The number of anilines is 1. The van der Waals surface area contributed by atoms with Crippen LogP contribution in [-0.4, -0.2) is 50.6 Å². The Bertz CT molecular complexity index is 1030. The molecular formula is C23H28N6O2. The average Bonchev–Trinajstić information content (AvgIpc) is 3.20. The third kappa shape index (κ3) is 4.59. The largest absolute Gasteiger partial charge is 0.497 e. The van der Waals surface area contributed by atoms with Gasteiger partial charge in [0.25, 0.3) is 0 Å². The molecule has 0 bridgehead atoms. The second kappa shape index (κ2) is 9.26. The van der Waals surface area contributed by atoms with Crippen LogP contribution in [0.3, 0.4) is 0 Å². The lowest BCUT2D eigenvalue weighted by molar-refractivity contribution is 0.0812. The predicted octanol–water partition coefficient (Wildman–Crippen LogP) is 2.91. The van der Waals surface area contributed by atoms with E-state index in [4.69, 9.17) is 10.5 Å². The predicted molar refractivity (Wildman–Crippen MR) is 118 cm³/mol. The Labute approximate surface area is 182 Å². The number of ketones is 1. The van der Waals surface area contributed by atoms with Crippen LogP contribution in [0.2, 0.25) is 0 Å². The third-order valence-electron chi connectivity index (χ3n) is 5.75. The fourth-order valence-corrected chi connectivity index (χ4v) is 4.01. The minimum absolute atomic E-state index is 0.0551. The summed E-state index contributed by atoms with van der Waals surface area (Å²) in [5.74, 6) is 1.93. The number of carbonyl (C=O) groups excluding carboxylic acids is 1. The molecule has 3 heterocycles. The normalized spacial score (nSPS) is 16.9. The quantitative estimate of drug-likeness (QED) is 0.587. The number of piperidine rings is 1. The van der Waals surface area contributed by atoms with Gasteiger partial charge in [0.15, 0.2) is 5.78 Å². The van der Waals surface area contributed by atoms with Crippen molar-refractivity contribution in [3.63, 3.8) is 0 Å². The number of rotatable bonds is 7. The van der Waals surface area contributed by atoms with E-state index in [-0.39, 0.29) is 11.7 Å². The number of hydrogen-bond donors (Lipinski definition) is 1. The lowest BCUT2D eigenvalue weighted by atomic mass is 9.90. The number of likely N-dealkylation sites (tertiary alicyclic amines) is 1. The summed E-state index contributed by atoms with van der Waals surface area (Å²) in [5.41, 5.74) is 8.66. The molecule has 2 aromatic heterocycles. The zero-order chi connectivity index (χ0) is 21.8. The van der Waals surface area contributed by atoms with E-state index >= 15 is 0 Å². The number of nitrogens with zero attached hydrogens (tertiary/aromatic N) is 5. The molecule has 0 unspecified atom stereocenters. The van der Waals surface area contributed by atoms with Gasteiger partial charge in [-0.15, -0.1) is 0 Å². The average molecular weight is 421 g/mol. The van der Waals surface area contributed by atoms with Gasteiger partial charge in [-0.1, -0.05) is 6.92 Å². The standard InChI is InChI=1S/C23H28N6O2/c1-3-21-25-11-16(12-26-21)14-28-10-4-5-17(15-28)22(30)20-13-27-29(23(20)24)18-6-8-19(31-2)9-7-18/h6-9,11-13,17H,3-5,10,14-15,24H2,1-2H3/t17-/m1/s1. The smallest absolute Gasteiger partial charge is 0.172 e. The molecule has 1 aromatic carbocycles. The molecule has 2 N–H and O–H groups in total. The molecule has 1 aliphatic rings. The maximum absolute atomic E-state index is 13.2. The second-order valence-electron chi connectivity index (χ2n) is 7.85. The number of nitrogens with two attached hydrogens (primary N) is 1. The lowest BCUT2D eigenvalue weighted by Gasteiger charge is -2.31. The Morgan fingerprint density at radius 1 is 1.19 bits per heavy atom. The van der Waals surface area contributed by atoms with Crippen molar-refractivity contribution in [1.82, 2.24) is 24.6 Å². The molecule has 3 aromatic rings. The van der Waals surface area contributed by atoms with Crippen LogP contribution in [0, 0.1) is 5.92 Å². The molecule has 0 spiro atoms. The number of hydrogen-bond acceptors (Lipinski definition) is 7. The van der Waals surface area contributed by atoms with Crippen molar-refractivity contribution in [2.75, 3.05) is 25.9 Å². The van der Waals surface area contributed by atoms with Crippen LogP contribution >= 0.6 is 0 Å². The maximum atomic E-state index is 13.2. The molecule has 8 nitrogen and oxygen atoms in total. The van der Waals surface area contributed by atoms with Crippen LogP contribution in [0.5, 0.6) is 5.75 Å². The van der Waals surface area contributed by atoms with E-state index in [1.807, 2.05) is 43.6 Å². The summed E-state index contributed by atoms with van der Waals surface area (Å²) in [6, 6.07) is 7.41. The van der Waals surface area contributed by atoms with Crippen LogP contribution in [0.4, 0.5) is 5.82 Å². The first-order chi connectivity index (χ1) is 15.1. The molecule has 0 saturated carbocycles. The Morgan fingerprint density at radius 3 is 2.61 bits per heavy atom. The Kier molecular flexibility index (Phi) is 6.27. The number of nitrogen functional groups attached to an aromatic ring is 1. The van der Waals surface area contributed by atoms with Gasteiger partial charge in [-0.05, 0) is 43.7 Å². The van der Waals surface area contributed by atoms with Gasteiger partial charge in [0.2, 0.25) is 0 Å². The summed E-state index contributed by atoms with van der Waals surface area (Å²) in [7, 11) is 1.62. The zero-order valence-electron chi connectivity index (χ0n) is 18.0. The van der Waals surface area contributed by atoms with Gasteiger partial charge in [0.05, 0.1) is 24.6 Å². The number of aromatic nitrogens is 4. The first-order valence-corrected chi connectivity index (χ1v) is 10.6. The highest BCUT2D eigenvalue weighted by atomic mass is 16.5. The zero-order valence-corrected chi connectivity index (χ0v) is 18.0. The fraction of sp³-hybridized carbons (Fsp3) is 0.391. The van der Waals surface area contributed by atoms with Gasteiger partial charge in [-0.2, -0.15) is 5.10 Å². The van der Waals surface area contributed by atoms with Gasteiger partial charge in [-0.3, -0.25) is 9.69 Å². The molecule has 0 amide bonds. The third-order valence-corrected chi connectivity index (χ3v) is 5.75. The highest BCUT2D eigenvalue weighted by Gasteiger charge is 2.29. The van der Waals surface area contributed by atoms with E-state index < -0.39 is 0 Å². The summed E-state index contributed by atoms with van der Waals surface area (Å²) in [6.07, 6.45) is 8.00. The molecule has 162 valence electrons. The van der Waals surface area contributed by atoms with E-state index in [1.54, 1.807) is 18.0 Å². The van der Waals surface area contributed by atoms with E-state index in [0.29, 0.717) is 17.9 Å². The number of methoxy groups -OCH3 is 1. The number of aryl methyl sites for hydroxylation is 1. The molecule has 1 aliphatic heterocycles. The monoisotopic (exact) mass is 420 g/mol. The molecule has 1 fully saturated rings. The van der Waals surface area contributed by atoms with Gasteiger partial charge in [0.1, 0.15) is 17.4 Å². The van der Waals surface area contributed by atoms with Crippen molar-refractivity contribution in [1.29, 1.82) is 0 Å². The van der Waals surface area contributed by atoms with E-state index in [0.717, 1.165) is 55.2 Å². The first-order valence-electron chi connectivity index (χ1n) is 10.6. The van der Waals surface area contributed by atoms with Gasteiger partial charge >= 0.3 is 0 Å². The molecular weight excluding hydrogens is 392 g/mol. The highest BCUT2D eigenvalue weighted by Crippen LogP contribution is 2.26. The van der Waals surface area contributed by atoms with E-state index in [2.05, 4.69) is 20.0 Å². The lowest BCUT2D eigenvalue weighted by Crippen LogP contribution is -2.38. The van der Waals surface area contributed by atoms with Crippen molar-refractivity contribution in [3.8, 4) is 11.4 Å². The molecule has 0 aliphatic carbocycles. The number of carbonyl (C=O) groups is 1. The summed E-state index contributed by atoms with van der Waals surface area (Å²) in [4.78, 5) is 24.3. The Hall–Kier alpha value is -3.26. The SMILES string of the molecule is CCc1ncc(CN2CCC[C@@H](C(=O)c3cnn(-c4ccc(OC)cc4)c3N)C2)cn1. The van der Waals surface area contributed by atoms with Gasteiger partial charge in [-0.25, -0.2) is 14.6 Å². The number of ether oxygens (including phenoxy) is 1. The van der Waals surface area contributed by atoms with Crippen LogP contribution in [0.1, 0.15) is 41.5 Å². The van der Waals surface area contributed by atoms with Crippen LogP contribution in [-0.2, 0) is 13.0 Å². The summed E-state index contributed by atoms with van der Waals surface area (Å²) >= 11 is 0. The Balaban J connectivity index is 1.45. The highest BCUT2D eigenvalue weighted by molar-refractivity contribution is 6.01. The van der Waals surface area contributed by atoms with Crippen LogP contribution in [0.15, 0.2) is 42.9 Å². The fourth-order valence-electron chi connectivity index (χ4n) is 4.01. The maximum Gasteiger partial charge on any atom is 0.172 e. The van der Waals surface area contributed by atoms with Crippen molar-refractivity contribution in [2.45, 2.75) is 32.7 Å². The summed E-state index contributed by atoms with van der Waals surface area (Å²) < 4.78 is 6.79. The molecule has 1 saturated heterocycles. The molecule has 31 heavy (non-hydrogen) atoms. The Morgan fingerprint density at radius 2 is 1.94 bits per heavy atom. The second-order valence-corrected chi connectivity index (χ2v) is 7.85. The van der Waals surface area contributed by atoms with Gasteiger partial charge in [0, 0.05) is 43.4 Å². The number of benzene rings is 1. The van der Waals surface area contributed by atoms with Crippen molar-refractivity contribution in [2.24, 2.45) is 5.92 Å². The van der Waals surface area contributed by atoms with Crippen LogP contribution in [0.25, 0.3) is 5.69 Å². The molecule has 4 rings (SSSR count). The molecule has 8 heteroatoms. The summed E-state index contributed by atoms with van der Waals surface area (Å²) in [6.45, 7) is 4.44. The summed E-state index contributed by atoms with van der Waals surface area (Å²) in [5, 5.41) is 4.36. The van der Waals surface area contributed by atoms with Crippen molar-refractivity contribution in [3.05, 3.63) is 59.8 Å². The minimum Gasteiger partial charge on any atom is -0.497 e. The van der Waals surface area contributed by atoms with Gasteiger partial charge < -0.3 is 10.5 Å². The van der Waals surface area contributed by atoms with E-state index in [1.165, 1.54) is 0 Å². The van der Waals surface area contributed by atoms with Crippen molar-refractivity contribution >= 4 is 11.6 Å². The minimum atomic E-state index is -0.0969. The topological polar surface area (TPSA) is 99.2 Å².